The molecule has 0 radical (unpaired) electrons. The Balaban J connectivity index is 0.00000507. The quantitative estimate of drug-likeness (QED) is 0.136. The summed E-state index contributed by atoms with van der Waals surface area (Å²) >= 11 is 0. The molecule has 0 saturated heterocycles. The van der Waals surface area contributed by atoms with Crippen molar-refractivity contribution < 1.29 is 40.8 Å². The summed E-state index contributed by atoms with van der Waals surface area (Å²) in [7, 11) is -0.346. The summed E-state index contributed by atoms with van der Waals surface area (Å²) in [5.41, 5.74) is 0. The van der Waals surface area contributed by atoms with Crippen molar-refractivity contribution >= 4 is 10.9 Å². The minimum Gasteiger partial charge on any atom is -1.00 e. The second-order valence-corrected chi connectivity index (χ2v) is 9.40. The summed E-state index contributed by atoms with van der Waals surface area (Å²) in [5.74, 6) is 2.36. The molecular weight excluding hydrogens is 524 g/mol. The summed E-state index contributed by atoms with van der Waals surface area (Å²) in [4.78, 5) is 3.49. The van der Waals surface area contributed by atoms with Crippen LogP contribution in [-0.2, 0) is 25.1 Å². The molecular formula is C30H33ClO6S. The van der Waals surface area contributed by atoms with E-state index in [2.05, 4.69) is 56.1 Å². The van der Waals surface area contributed by atoms with Gasteiger partial charge >= 0.3 is 0 Å². The molecule has 3 aromatic carbocycles. The first kappa shape index (κ1) is 30.5. The molecule has 0 aliphatic rings. The molecule has 0 fully saturated rings. The topological polar surface area (TPSA) is 55.4 Å². The van der Waals surface area contributed by atoms with E-state index in [0.29, 0.717) is 39.6 Å². The molecule has 0 saturated carbocycles. The fraction of sp³-hybridized carbons (Fsp3) is 0.200. The molecule has 202 valence electrons. The van der Waals surface area contributed by atoms with Gasteiger partial charge in [-0.25, -0.2) is 0 Å². The van der Waals surface area contributed by atoms with Gasteiger partial charge in [-0.3, -0.25) is 0 Å². The van der Waals surface area contributed by atoms with E-state index in [9.17, 15) is 0 Å². The first-order valence-electron chi connectivity index (χ1n) is 11.9. The van der Waals surface area contributed by atoms with Crippen molar-refractivity contribution in [3.8, 4) is 17.2 Å². The van der Waals surface area contributed by atoms with Gasteiger partial charge in [0.2, 0.25) is 0 Å². The first-order valence-corrected chi connectivity index (χ1v) is 13.1. The highest BCUT2D eigenvalue weighted by molar-refractivity contribution is 7.97. The van der Waals surface area contributed by atoms with E-state index in [0.717, 1.165) is 31.9 Å². The molecule has 3 rings (SSSR count). The number of hydrogen-bond donors (Lipinski definition) is 0. The van der Waals surface area contributed by atoms with Crippen molar-refractivity contribution in [3.63, 3.8) is 0 Å². The van der Waals surface area contributed by atoms with Crippen LogP contribution in [0.1, 0.15) is 0 Å². The van der Waals surface area contributed by atoms with Crippen LogP contribution < -0.4 is 26.6 Å². The van der Waals surface area contributed by atoms with Crippen LogP contribution in [0.15, 0.2) is 126 Å². The normalized spacial score (nSPS) is 10.0. The zero-order valence-corrected chi connectivity index (χ0v) is 22.8. The second-order valence-electron chi connectivity index (χ2n) is 7.38. The van der Waals surface area contributed by atoms with Gasteiger partial charge in [0.15, 0.2) is 14.7 Å². The first-order chi connectivity index (χ1) is 18.2. The van der Waals surface area contributed by atoms with Crippen LogP contribution in [0.4, 0.5) is 0 Å². The lowest BCUT2D eigenvalue weighted by Crippen LogP contribution is -3.00. The number of hydrogen-bond acceptors (Lipinski definition) is 6. The van der Waals surface area contributed by atoms with E-state index >= 15 is 0 Å². The van der Waals surface area contributed by atoms with E-state index in [1.165, 1.54) is 18.8 Å². The third-order valence-corrected chi connectivity index (χ3v) is 7.17. The Morgan fingerprint density at radius 3 is 0.947 bits per heavy atom. The molecule has 8 heteroatoms. The summed E-state index contributed by atoms with van der Waals surface area (Å²) < 4.78 is 32.6. The molecule has 38 heavy (non-hydrogen) atoms. The lowest BCUT2D eigenvalue weighted by Gasteiger charge is -2.12. The summed E-state index contributed by atoms with van der Waals surface area (Å²) in [6.07, 6.45) is 4.23. The van der Waals surface area contributed by atoms with Crippen molar-refractivity contribution in [2.24, 2.45) is 0 Å². The monoisotopic (exact) mass is 556 g/mol. The predicted octanol–water partition coefficient (Wildman–Crippen LogP) is 3.40. The van der Waals surface area contributed by atoms with Crippen molar-refractivity contribution in [1.29, 1.82) is 0 Å². The largest absolute Gasteiger partial charge is 1.00 e. The van der Waals surface area contributed by atoms with Gasteiger partial charge in [0.25, 0.3) is 0 Å². The molecule has 0 aliphatic carbocycles. The highest BCUT2D eigenvalue weighted by Crippen LogP contribution is 2.34. The molecule has 0 heterocycles. The van der Waals surface area contributed by atoms with Crippen LogP contribution in [0.2, 0.25) is 0 Å². The van der Waals surface area contributed by atoms with Crippen molar-refractivity contribution in [1.82, 2.24) is 0 Å². The molecule has 0 aliphatic heterocycles. The van der Waals surface area contributed by atoms with Crippen LogP contribution in [-0.4, -0.2) is 39.6 Å². The fourth-order valence-electron chi connectivity index (χ4n) is 3.30. The van der Waals surface area contributed by atoms with Gasteiger partial charge in [0, 0.05) is 0 Å². The zero-order chi connectivity index (χ0) is 26.1. The van der Waals surface area contributed by atoms with E-state index in [1.54, 1.807) is 0 Å². The van der Waals surface area contributed by atoms with Gasteiger partial charge in [-0.15, -0.1) is 0 Å². The third kappa shape index (κ3) is 10.00. The van der Waals surface area contributed by atoms with Gasteiger partial charge in [-0.1, -0.05) is 19.7 Å². The van der Waals surface area contributed by atoms with E-state index < -0.39 is 0 Å². The standard InChI is InChI=1S/C30H33O6S.ClH/c1-4-31-19-22-34-25-7-13-28(14-8-25)37(29-15-9-26(10-16-29)35-23-20-32-5-2)30-17-11-27(12-18-30)36-24-21-33-6-3;/h4-18H,1-3,19-24H2;1H/q+1;/p-1. The maximum atomic E-state index is 5.76. The van der Waals surface area contributed by atoms with Gasteiger partial charge in [-0.05, 0) is 72.8 Å². The molecule has 6 nitrogen and oxygen atoms in total. The number of rotatable bonds is 18. The van der Waals surface area contributed by atoms with Crippen molar-refractivity contribution in [2.75, 3.05) is 39.6 Å². The second kappa shape index (κ2) is 17.7. The van der Waals surface area contributed by atoms with Crippen LogP contribution >= 0.6 is 0 Å². The molecule has 3 aromatic rings. The van der Waals surface area contributed by atoms with E-state index in [1.807, 2.05) is 36.4 Å². The molecule has 0 aromatic heterocycles. The Bertz CT molecular complexity index is 946. The Hall–Kier alpha value is -3.68. The number of ether oxygens (including phenoxy) is 6. The van der Waals surface area contributed by atoms with Gasteiger partial charge < -0.3 is 40.8 Å². The number of halogens is 1. The summed E-state index contributed by atoms with van der Waals surface area (Å²) in [6, 6.07) is 24.5. The van der Waals surface area contributed by atoms with Crippen LogP contribution in [0, 0.1) is 0 Å². The minimum atomic E-state index is -0.346. The average molecular weight is 557 g/mol. The molecule has 0 atom stereocenters. The highest BCUT2D eigenvalue weighted by Gasteiger charge is 2.29. The van der Waals surface area contributed by atoms with Gasteiger partial charge in [0.05, 0.1) is 29.7 Å². The smallest absolute Gasteiger partial charge is 0.166 e. The highest BCUT2D eigenvalue weighted by atomic mass is 35.5. The molecule has 0 spiro atoms. The Labute approximate surface area is 234 Å². The SMILES string of the molecule is C=COCCOc1ccc([S+](c2ccc(OCCOC=C)cc2)c2ccc(OCCOC=C)cc2)cc1.[Cl-]. The lowest BCUT2D eigenvalue weighted by atomic mass is 10.3. The molecule has 0 N–H and O–H groups in total. The van der Waals surface area contributed by atoms with Gasteiger partial charge in [-0.2, -0.15) is 0 Å². The van der Waals surface area contributed by atoms with Crippen LogP contribution in [0.25, 0.3) is 0 Å². The van der Waals surface area contributed by atoms with Crippen LogP contribution in [0.3, 0.4) is 0 Å². The Kier molecular flexibility index (Phi) is 14.2. The zero-order valence-electron chi connectivity index (χ0n) is 21.3. The van der Waals surface area contributed by atoms with Gasteiger partial charge in [0.1, 0.15) is 56.9 Å². The van der Waals surface area contributed by atoms with Crippen molar-refractivity contribution in [2.45, 2.75) is 14.7 Å². The maximum Gasteiger partial charge on any atom is 0.166 e. The average Bonchev–Trinajstić information content (AvgIpc) is 2.94. The maximum absolute atomic E-state index is 5.76. The summed E-state index contributed by atoms with van der Waals surface area (Å²) in [6.45, 7) is 13.3. The molecule has 0 bridgehead atoms. The van der Waals surface area contributed by atoms with E-state index in [-0.39, 0.29) is 23.3 Å². The summed E-state index contributed by atoms with van der Waals surface area (Å²) in [5, 5.41) is 0. The Morgan fingerprint density at radius 1 is 0.447 bits per heavy atom. The molecule has 0 unspecified atom stereocenters. The predicted molar refractivity (Wildman–Crippen MR) is 146 cm³/mol. The third-order valence-electron chi connectivity index (χ3n) is 4.94. The minimum absolute atomic E-state index is 0. The fourth-order valence-corrected chi connectivity index (χ4v) is 5.34. The number of benzene rings is 3. The van der Waals surface area contributed by atoms with Crippen molar-refractivity contribution in [3.05, 3.63) is 111 Å². The molecule has 0 amide bonds. The Morgan fingerprint density at radius 2 is 0.711 bits per heavy atom. The van der Waals surface area contributed by atoms with E-state index in [4.69, 9.17) is 28.4 Å². The lowest BCUT2D eigenvalue weighted by molar-refractivity contribution is -0.00000956. The van der Waals surface area contributed by atoms with Crippen LogP contribution in [0.5, 0.6) is 17.2 Å².